The van der Waals surface area contributed by atoms with Crippen LogP contribution in [0, 0.1) is 0 Å². The normalized spacial score (nSPS) is 20.7. The molecule has 1 fully saturated rings. The lowest BCUT2D eigenvalue weighted by Crippen LogP contribution is -2.41. The van der Waals surface area contributed by atoms with Gasteiger partial charge in [0.15, 0.2) is 0 Å². The summed E-state index contributed by atoms with van der Waals surface area (Å²) in [5, 5.41) is 2.28. The fourth-order valence-corrected chi connectivity index (χ4v) is 7.55. The summed E-state index contributed by atoms with van der Waals surface area (Å²) < 4.78 is 19.6. The van der Waals surface area contributed by atoms with Gasteiger partial charge in [-0.1, -0.05) is 97.1 Å². The van der Waals surface area contributed by atoms with E-state index >= 15 is 0 Å². The summed E-state index contributed by atoms with van der Waals surface area (Å²) in [6.45, 7) is 8.45. The van der Waals surface area contributed by atoms with E-state index in [0.717, 1.165) is 27.4 Å². The van der Waals surface area contributed by atoms with Gasteiger partial charge in [-0.3, -0.25) is 0 Å². The fraction of sp³-hybridized carbons (Fsp3) is 0.179. The SMILES string of the molecule is CC1(C)OB(c2ccc3c(c2)C2(c4ccccc4C=C3)c3ccccc3-c3cc4oc5ccccc5c4cc32)OC1(C)C. The van der Waals surface area contributed by atoms with Crippen LogP contribution in [0.25, 0.3) is 45.2 Å². The standard InChI is InChI=1S/C39H31BO3/c1-37(2)38(3,4)43-40(42-37)26-20-19-25-18-17-24-11-5-8-14-31(24)39(33(25)21-26)32-15-9-6-12-27(32)29-23-36-30(22-34(29)39)28-13-7-10-16-35(28)41-36/h5-23H,1-4H3. The van der Waals surface area contributed by atoms with Gasteiger partial charge in [0.2, 0.25) is 0 Å². The van der Waals surface area contributed by atoms with E-state index in [-0.39, 0.29) is 0 Å². The third-order valence-electron chi connectivity index (χ3n) is 10.4. The lowest BCUT2D eigenvalue weighted by atomic mass is 9.64. The molecule has 0 saturated carbocycles. The maximum absolute atomic E-state index is 6.57. The van der Waals surface area contributed by atoms with E-state index in [1.807, 2.05) is 6.07 Å². The lowest BCUT2D eigenvalue weighted by molar-refractivity contribution is 0.00578. The smallest absolute Gasteiger partial charge is 0.456 e. The summed E-state index contributed by atoms with van der Waals surface area (Å²) in [6.07, 6.45) is 4.53. The second kappa shape index (κ2) is 8.38. The molecule has 2 heterocycles. The Balaban J connectivity index is 1.40. The van der Waals surface area contributed by atoms with Crippen molar-refractivity contribution < 1.29 is 13.7 Å². The summed E-state index contributed by atoms with van der Waals surface area (Å²) in [6, 6.07) is 37.5. The predicted molar refractivity (Wildman–Crippen MR) is 176 cm³/mol. The summed E-state index contributed by atoms with van der Waals surface area (Å²) in [5.74, 6) is 0. The van der Waals surface area contributed by atoms with Crippen LogP contribution in [0.15, 0.2) is 108 Å². The monoisotopic (exact) mass is 558 g/mol. The van der Waals surface area contributed by atoms with Crippen molar-refractivity contribution in [2.24, 2.45) is 0 Å². The summed E-state index contributed by atoms with van der Waals surface area (Å²) in [4.78, 5) is 0. The van der Waals surface area contributed by atoms with E-state index in [2.05, 4.69) is 137 Å². The van der Waals surface area contributed by atoms with Crippen molar-refractivity contribution in [3.63, 3.8) is 0 Å². The highest BCUT2D eigenvalue weighted by Crippen LogP contribution is 2.59. The molecule has 1 aromatic heterocycles. The van der Waals surface area contributed by atoms with Crippen LogP contribution in [-0.4, -0.2) is 18.3 Å². The molecule has 0 amide bonds. The van der Waals surface area contributed by atoms with Crippen molar-refractivity contribution in [2.75, 3.05) is 0 Å². The third kappa shape index (κ3) is 3.23. The first-order valence-electron chi connectivity index (χ1n) is 15.1. The average Bonchev–Trinajstić information content (AvgIpc) is 3.55. The van der Waals surface area contributed by atoms with Crippen LogP contribution < -0.4 is 5.46 Å². The van der Waals surface area contributed by atoms with Gasteiger partial charge in [0, 0.05) is 10.8 Å². The number of furan rings is 1. The Hall–Kier alpha value is -4.38. The highest BCUT2D eigenvalue weighted by molar-refractivity contribution is 6.62. The second-order valence-corrected chi connectivity index (χ2v) is 13.1. The zero-order chi connectivity index (χ0) is 29.1. The van der Waals surface area contributed by atoms with Crippen molar-refractivity contribution in [3.8, 4) is 11.1 Å². The molecule has 1 spiro atoms. The third-order valence-corrected chi connectivity index (χ3v) is 10.4. The van der Waals surface area contributed by atoms with E-state index in [0.29, 0.717) is 0 Å². The molecule has 5 aromatic carbocycles. The topological polar surface area (TPSA) is 31.6 Å². The zero-order valence-electron chi connectivity index (χ0n) is 24.8. The molecule has 208 valence electrons. The van der Waals surface area contributed by atoms with E-state index in [4.69, 9.17) is 13.7 Å². The Morgan fingerprint density at radius 2 is 1.19 bits per heavy atom. The number of hydrogen-bond donors (Lipinski definition) is 0. The molecule has 4 heteroatoms. The molecule has 3 nitrogen and oxygen atoms in total. The molecule has 43 heavy (non-hydrogen) atoms. The summed E-state index contributed by atoms with van der Waals surface area (Å²) >= 11 is 0. The van der Waals surface area contributed by atoms with Gasteiger partial charge in [0.1, 0.15) is 11.2 Å². The van der Waals surface area contributed by atoms with Gasteiger partial charge in [-0.2, -0.15) is 0 Å². The van der Waals surface area contributed by atoms with Crippen molar-refractivity contribution in [1.82, 2.24) is 0 Å². The van der Waals surface area contributed by atoms with Crippen LogP contribution in [0.4, 0.5) is 0 Å². The highest BCUT2D eigenvalue weighted by Gasteiger charge is 2.53. The van der Waals surface area contributed by atoms with Gasteiger partial charge < -0.3 is 13.7 Å². The molecular weight excluding hydrogens is 527 g/mol. The minimum atomic E-state index is -0.548. The molecule has 1 aliphatic heterocycles. The molecule has 0 bridgehead atoms. The van der Waals surface area contributed by atoms with Gasteiger partial charge in [0.25, 0.3) is 0 Å². The molecular formula is C39H31BO3. The first kappa shape index (κ1) is 25.2. The molecule has 6 aromatic rings. The molecule has 0 N–H and O–H groups in total. The van der Waals surface area contributed by atoms with E-state index in [1.165, 1.54) is 44.5 Å². The molecule has 1 unspecified atom stereocenters. The molecule has 9 rings (SSSR count). The molecule has 0 radical (unpaired) electrons. The summed E-state index contributed by atoms with van der Waals surface area (Å²) in [5.41, 5.74) is 11.4. The van der Waals surface area contributed by atoms with E-state index in [9.17, 15) is 0 Å². The number of benzene rings is 5. The molecule has 2 aliphatic carbocycles. The minimum absolute atomic E-state index is 0.421. The molecule has 3 aliphatic rings. The van der Waals surface area contributed by atoms with Crippen LogP contribution in [0.3, 0.4) is 0 Å². The largest absolute Gasteiger partial charge is 0.494 e. The van der Waals surface area contributed by atoms with Crippen LogP contribution >= 0.6 is 0 Å². The number of rotatable bonds is 1. The average molecular weight is 558 g/mol. The molecule has 1 atom stereocenters. The van der Waals surface area contributed by atoms with E-state index in [1.54, 1.807) is 0 Å². The minimum Gasteiger partial charge on any atom is -0.456 e. The van der Waals surface area contributed by atoms with Crippen molar-refractivity contribution in [1.29, 1.82) is 0 Å². The number of hydrogen-bond acceptors (Lipinski definition) is 3. The van der Waals surface area contributed by atoms with Crippen molar-refractivity contribution in [2.45, 2.75) is 44.3 Å². The van der Waals surface area contributed by atoms with E-state index < -0.39 is 23.7 Å². The maximum Gasteiger partial charge on any atom is 0.494 e. The Kier molecular flexibility index (Phi) is 4.90. The summed E-state index contributed by atoms with van der Waals surface area (Å²) in [7, 11) is -0.453. The lowest BCUT2D eigenvalue weighted by Gasteiger charge is -2.35. The van der Waals surface area contributed by atoms with Gasteiger partial charge in [-0.25, -0.2) is 0 Å². The van der Waals surface area contributed by atoms with Crippen LogP contribution in [-0.2, 0) is 14.7 Å². The van der Waals surface area contributed by atoms with Crippen molar-refractivity contribution in [3.05, 3.63) is 137 Å². The van der Waals surface area contributed by atoms with Crippen LogP contribution in [0.5, 0.6) is 0 Å². The first-order valence-corrected chi connectivity index (χ1v) is 15.1. The van der Waals surface area contributed by atoms with Gasteiger partial charge in [-0.05, 0) is 95.9 Å². The zero-order valence-corrected chi connectivity index (χ0v) is 24.8. The van der Waals surface area contributed by atoms with Crippen LogP contribution in [0.1, 0.15) is 61.1 Å². The Morgan fingerprint density at radius 3 is 2.00 bits per heavy atom. The highest BCUT2D eigenvalue weighted by atomic mass is 16.7. The van der Waals surface area contributed by atoms with Gasteiger partial charge in [-0.15, -0.1) is 0 Å². The molecule has 1 saturated heterocycles. The Labute approximate surface area is 251 Å². The first-order chi connectivity index (χ1) is 20.8. The van der Waals surface area contributed by atoms with Crippen LogP contribution in [0.2, 0.25) is 0 Å². The number of para-hydroxylation sites is 1. The number of fused-ring (bicyclic) bond motifs is 12. The Morgan fingerprint density at radius 1 is 0.512 bits per heavy atom. The van der Waals surface area contributed by atoms with Gasteiger partial charge in [0.05, 0.1) is 16.6 Å². The fourth-order valence-electron chi connectivity index (χ4n) is 7.55. The van der Waals surface area contributed by atoms with Gasteiger partial charge >= 0.3 is 7.12 Å². The maximum atomic E-state index is 6.57. The quantitative estimate of drug-likeness (QED) is 0.189. The van der Waals surface area contributed by atoms with Crippen molar-refractivity contribution >= 4 is 46.7 Å². The second-order valence-electron chi connectivity index (χ2n) is 13.1. The predicted octanol–water partition coefficient (Wildman–Crippen LogP) is 8.73. The Bertz CT molecular complexity index is 2150.